The van der Waals surface area contributed by atoms with E-state index in [9.17, 15) is 10.2 Å². The van der Waals surface area contributed by atoms with E-state index >= 15 is 0 Å². The number of aliphatic hydroxyl groups is 2. The predicted octanol–water partition coefficient (Wildman–Crippen LogP) is 0.562. The third-order valence-electron chi connectivity index (χ3n) is 2.47. The molecule has 1 saturated heterocycles. The second kappa shape index (κ2) is 4.80. The zero-order chi connectivity index (χ0) is 8.97. The largest absolute Gasteiger partial charge is 0.393 e. The topological polar surface area (TPSA) is 43.7 Å². The molecule has 1 unspecified atom stereocenters. The minimum Gasteiger partial charge on any atom is -0.393 e. The quantitative estimate of drug-likeness (QED) is 0.655. The lowest BCUT2D eigenvalue weighted by molar-refractivity contribution is -0.0368. The van der Waals surface area contributed by atoms with Gasteiger partial charge in [-0.15, -0.1) is 0 Å². The Morgan fingerprint density at radius 2 is 2.00 bits per heavy atom. The molecule has 72 valence electrons. The van der Waals surface area contributed by atoms with Gasteiger partial charge in [0.15, 0.2) is 0 Å². The summed E-state index contributed by atoms with van der Waals surface area (Å²) in [4.78, 5) is 2.05. The molecule has 0 bridgehead atoms. The van der Waals surface area contributed by atoms with E-state index in [2.05, 4.69) is 11.8 Å². The highest BCUT2D eigenvalue weighted by molar-refractivity contribution is 4.72. The number of piperidine rings is 1. The van der Waals surface area contributed by atoms with Gasteiger partial charge in [0.1, 0.15) is 6.23 Å². The SMILES string of the molecule is CCCC(O)N1CCC(O)CC1. The van der Waals surface area contributed by atoms with Gasteiger partial charge in [0.25, 0.3) is 0 Å². The van der Waals surface area contributed by atoms with Crippen LogP contribution in [0.15, 0.2) is 0 Å². The third-order valence-corrected chi connectivity index (χ3v) is 2.47. The van der Waals surface area contributed by atoms with Crippen molar-refractivity contribution in [3.63, 3.8) is 0 Å². The fourth-order valence-corrected chi connectivity index (χ4v) is 1.62. The molecular weight excluding hydrogens is 154 g/mol. The van der Waals surface area contributed by atoms with Gasteiger partial charge in [-0.2, -0.15) is 0 Å². The Hall–Kier alpha value is -0.120. The highest BCUT2D eigenvalue weighted by Gasteiger charge is 2.21. The van der Waals surface area contributed by atoms with Crippen LogP contribution in [-0.4, -0.2) is 40.5 Å². The summed E-state index contributed by atoms with van der Waals surface area (Å²) in [5.74, 6) is 0. The Labute approximate surface area is 74.0 Å². The van der Waals surface area contributed by atoms with Crippen LogP contribution in [0.4, 0.5) is 0 Å². The summed E-state index contributed by atoms with van der Waals surface area (Å²) in [5, 5.41) is 18.8. The van der Waals surface area contributed by atoms with Crippen molar-refractivity contribution in [3.8, 4) is 0 Å². The van der Waals surface area contributed by atoms with Gasteiger partial charge in [-0.1, -0.05) is 13.3 Å². The van der Waals surface area contributed by atoms with Crippen molar-refractivity contribution in [2.24, 2.45) is 0 Å². The summed E-state index contributed by atoms with van der Waals surface area (Å²) in [5.41, 5.74) is 0. The molecule has 0 spiro atoms. The lowest BCUT2D eigenvalue weighted by Crippen LogP contribution is -2.42. The number of nitrogens with zero attached hydrogens (tertiary/aromatic N) is 1. The molecule has 0 aromatic carbocycles. The number of aliphatic hydroxyl groups excluding tert-OH is 2. The fourth-order valence-electron chi connectivity index (χ4n) is 1.62. The Bertz CT molecular complexity index is 122. The molecule has 1 heterocycles. The second-order valence-electron chi connectivity index (χ2n) is 3.54. The van der Waals surface area contributed by atoms with E-state index in [1.54, 1.807) is 0 Å². The molecule has 0 radical (unpaired) electrons. The van der Waals surface area contributed by atoms with Crippen molar-refractivity contribution in [1.29, 1.82) is 0 Å². The van der Waals surface area contributed by atoms with Gasteiger partial charge in [-0.25, -0.2) is 0 Å². The number of likely N-dealkylation sites (tertiary alicyclic amines) is 1. The lowest BCUT2D eigenvalue weighted by Gasteiger charge is -2.33. The van der Waals surface area contributed by atoms with Crippen LogP contribution < -0.4 is 0 Å². The first-order valence-electron chi connectivity index (χ1n) is 4.84. The van der Waals surface area contributed by atoms with E-state index in [1.807, 2.05) is 0 Å². The van der Waals surface area contributed by atoms with Crippen LogP contribution in [0.5, 0.6) is 0 Å². The molecule has 1 aliphatic rings. The average Bonchev–Trinajstić information content (AvgIpc) is 2.06. The van der Waals surface area contributed by atoms with Crippen molar-refractivity contribution < 1.29 is 10.2 Å². The maximum absolute atomic E-state index is 9.60. The molecule has 2 N–H and O–H groups in total. The minimum atomic E-state index is -0.289. The summed E-state index contributed by atoms with van der Waals surface area (Å²) in [6.07, 6.45) is 3.04. The maximum atomic E-state index is 9.60. The fraction of sp³-hybridized carbons (Fsp3) is 1.00. The molecule has 3 nitrogen and oxygen atoms in total. The summed E-state index contributed by atoms with van der Waals surface area (Å²) < 4.78 is 0. The molecule has 0 aromatic rings. The van der Waals surface area contributed by atoms with E-state index in [-0.39, 0.29) is 12.3 Å². The highest BCUT2D eigenvalue weighted by Crippen LogP contribution is 2.13. The first kappa shape index (κ1) is 9.96. The van der Waals surface area contributed by atoms with Crippen LogP contribution in [0.1, 0.15) is 32.6 Å². The normalized spacial score (nSPS) is 24.2. The summed E-state index contributed by atoms with van der Waals surface area (Å²) >= 11 is 0. The van der Waals surface area contributed by atoms with E-state index in [4.69, 9.17) is 0 Å². The first-order valence-corrected chi connectivity index (χ1v) is 4.84. The molecule has 1 fully saturated rings. The highest BCUT2D eigenvalue weighted by atomic mass is 16.3. The van der Waals surface area contributed by atoms with Gasteiger partial charge in [0, 0.05) is 13.1 Å². The Morgan fingerprint density at radius 3 is 2.50 bits per heavy atom. The van der Waals surface area contributed by atoms with Crippen molar-refractivity contribution in [2.75, 3.05) is 13.1 Å². The van der Waals surface area contributed by atoms with Crippen LogP contribution in [0.3, 0.4) is 0 Å². The van der Waals surface area contributed by atoms with Crippen LogP contribution in [-0.2, 0) is 0 Å². The number of hydrogen-bond donors (Lipinski definition) is 2. The van der Waals surface area contributed by atoms with Gasteiger partial charge in [-0.05, 0) is 19.3 Å². The Morgan fingerprint density at radius 1 is 1.42 bits per heavy atom. The summed E-state index contributed by atoms with van der Waals surface area (Å²) in [6, 6.07) is 0. The number of hydrogen-bond acceptors (Lipinski definition) is 3. The smallest absolute Gasteiger partial charge is 0.107 e. The van der Waals surface area contributed by atoms with Crippen molar-refractivity contribution in [3.05, 3.63) is 0 Å². The zero-order valence-electron chi connectivity index (χ0n) is 7.74. The van der Waals surface area contributed by atoms with E-state index in [0.717, 1.165) is 38.8 Å². The lowest BCUT2D eigenvalue weighted by atomic mass is 10.1. The maximum Gasteiger partial charge on any atom is 0.107 e. The molecule has 1 atom stereocenters. The number of rotatable bonds is 3. The van der Waals surface area contributed by atoms with Crippen LogP contribution >= 0.6 is 0 Å². The van der Waals surface area contributed by atoms with Gasteiger partial charge in [0.05, 0.1) is 6.10 Å². The summed E-state index contributed by atoms with van der Waals surface area (Å²) in [6.45, 7) is 3.74. The molecule has 0 amide bonds. The standard InChI is InChI=1S/C9H19NO2/c1-2-3-9(12)10-6-4-8(11)5-7-10/h8-9,11-12H,2-7H2,1H3. The van der Waals surface area contributed by atoms with Crippen LogP contribution in [0.2, 0.25) is 0 Å². The predicted molar refractivity (Wildman–Crippen MR) is 47.7 cm³/mol. The Balaban J connectivity index is 2.24. The van der Waals surface area contributed by atoms with E-state index in [1.165, 1.54) is 0 Å². The molecule has 12 heavy (non-hydrogen) atoms. The monoisotopic (exact) mass is 173 g/mol. The first-order chi connectivity index (χ1) is 5.74. The minimum absolute atomic E-state index is 0.143. The van der Waals surface area contributed by atoms with Gasteiger partial charge in [0.2, 0.25) is 0 Å². The van der Waals surface area contributed by atoms with Gasteiger partial charge < -0.3 is 10.2 Å². The molecule has 3 heteroatoms. The molecule has 1 rings (SSSR count). The molecular formula is C9H19NO2. The van der Waals surface area contributed by atoms with Crippen LogP contribution in [0, 0.1) is 0 Å². The molecule has 0 aromatic heterocycles. The van der Waals surface area contributed by atoms with Gasteiger partial charge in [-0.3, -0.25) is 4.90 Å². The second-order valence-corrected chi connectivity index (χ2v) is 3.54. The molecule has 0 aliphatic carbocycles. The van der Waals surface area contributed by atoms with Crippen molar-refractivity contribution >= 4 is 0 Å². The van der Waals surface area contributed by atoms with Crippen molar-refractivity contribution in [2.45, 2.75) is 44.9 Å². The van der Waals surface area contributed by atoms with Gasteiger partial charge >= 0.3 is 0 Å². The zero-order valence-corrected chi connectivity index (χ0v) is 7.74. The van der Waals surface area contributed by atoms with Crippen molar-refractivity contribution in [1.82, 2.24) is 4.90 Å². The van der Waals surface area contributed by atoms with E-state index in [0.29, 0.717) is 0 Å². The summed E-state index contributed by atoms with van der Waals surface area (Å²) in [7, 11) is 0. The van der Waals surface area contributed by atoms with E-state index < -0.39 is 0 Å². The molecule has 0 saturated carbocycles. The third kappa shape index (κ3) is 2.73. The van der Waals surface area contributed by atoms with Crippen LogP contribution in [0.25, 0.3) is 0 Å². The average molecular weight is 173 g/mol. The Kier molecular flexibility index (Phi) is 3.98. The molecule has 1 aliphatic heterocycles.